The molecular weight excluding hydrogens is 258 g/mol. The van der Waals surface area contributed by atoms with E-state index in [1.54, 1.807) is 43.8 Å². The van der Waals surface area contributed by atoms with Crippen molar-refractivity contribution >= 4 is 16.9 Å². The molecule has 0 aliphatic heterocycles. The molecule has 0 fully saturated rings. The topological polar surface area (TPSA) is 78.0 Å². The van der Waals surface area contributed by atoms with Crippen molar-refractivity contribution in [3.63, 3.8) is 0 Å². The molecule has 0 spiro atoms. The van der Waals surface area contributed by atoms with Gasteiger partial charge in [-0.15, -0.1) is 0 Å². The first-order valence-electron chi connectivity index (χ1n) is 6.03. The van der Waals surface area contributed by atoms with Crippen LogP contribution in [0.15, 0.2) is 46.0 Å². The zero-order chi connectivity index (χ0) is 14.1. The van der Waals surface area contributed by atoms with Gasteiger partial charge in [0.2, 0.25) is 0 Å². The molecule has 100 valence electrons. The van der Waals surface area contributed by atoms with Crippen LogP contribution in [0.25, 0.3) is 11.1 Å². The van der Waals surface area contributed by atoms with Crippen LogP contribution in [0.3, 0.4) is 0 Å². The summed E-state index contributed by atoms with van der Waals surface area (Å²) in [6.07, 6.45) is 4.84. The average molecular weight is 269 g/mol. The first-order valence-corrected chi connectivity index (χ1v) is 6.03. The van der Waals surface area contributed by atoms with Crippen molar-refractivity contribution in [3.05, 3.63) is 58.6 Å². The van der Waals surface area contributed by atoms with Crippen molar-refractivity contribution < 1.29 is 9.21 Å². The number of oxazole rings is 1. The lowest BCUT2D eigenvalue weighted by atomic mass is 10.1. The normalized spacial score (nSPS) is 10.8. The lowest BCUT2D eigenvalue weighted by Gasteiger charge is -2.01. The number of hydrogen-bond acceptors (Lipinski definition) is 5. The van der Waals surface area contributed by atoms with Gasteiger partial charge in [0.05, 0.1) is 17.6 Å². The van der Waals surface area contributed by atoms with Crippen LogP contribution in [0, 0.1) is 0 Å². The highest BCUT2D eigenvalue weighted by Crippen LogP contribution is 2.15. The summed E-state index contributed by atoms with van der Waals surface area (Å²) < 4.78 is 6.39. The Bertz CT molecular complexity index is 834. The monoisotopic (exact) mass is 269 g/mol. The fourth-order valence-electron chi connectivity index (χ4n) is 1.99. The molecule has 0 saturated carbocycles. The first kappa shape index (κ1) is 12.3. The average Bonchev–Trinajstić information content (AvgIpc) is 2.75. The zero-order valence-corrected chi connectivity index (χ0v) is 10.7. The quantitative estimate of drug-likeness (QED) is 0.670. The van der Waals surface area contributed by atoms with Gasteiger partial charge >= 0.3 is 5.76 Å². The third-order valence-electron chi connectivity index (χ3n) is 3.07. The lowest BCUT2D eigenvalue weighted by molar-refractivity contribution is 0.0992. The molecule has 1 aromatic carbocycles. The van der Waals surface area contributed by atoms with Crippen LogP contribution in [-0.4, -0.2) is 20.3 Å². The number of carbonyl (C=O) groups excluding carboxylic acids is 1. The van der Waals surface area contributed by atoms with Crippen LogP contribution >= 0.6 is 0 Å². The van der Waals surface area contributed by atoms with Crippen LogP contribution < -0.4 is 5.76 Å². The molecule has 0 atom stereocenters. The fraction of sp³-hybridized carbons (Fsp3) is 0.143. The molecule has 0 N–H and O–H groups in total. The molecule has 0 aliphatic carbocycles. The predicted octanol–water partition coefficient (Wildman–Crippen LogP) is 1.35. The van der Waals surface area contributed by atoms with Crippen molar-refractivity contribution in [3.8, 4) is 0 Å². The van der Waals surface area contributed by atoms with Gasteiger partial charge in [-0.05, 0) is 18.2 Å². The Morgan fingerprint density at radius 1 is 1.35 bits per heavy atom. The number of hydrogen-bond donors (Lipinski definition) is 0. The predicted molar refractivity (Wildman–Crippen MR) is 71.5 cm³/mol. The molecule has 2 heterocycles. The number of benzene rings is 1. The van der Waals surface area contributed by atoms with Crippen LogP contribution in [0.5, 0.6) is 0 Å². The second kappa shape index (κ2) is 4.73. The minimum atomic E-state index is -0.446. The molecule has 6 heteroatoms. The van der Waals surface area contributed by atoms with Gasteiger partial charge < -0.3 is 4.42 Å². The first-order chi connectivity index (χ1) is 9.65. The van der Waals surface area contributed by atoms with E-state index in [0.29, 0.717) is 22.4 Å². The summed E-state index contributed by atoms with van der Waals surface area (Å²) >= 11 is 0. The Balaban J connectivity index is 1.96. The lowest BCUT2D eigenvalue weighted by Crippen LogP contribution is -2.09. The van der Waals surface area contributed by atoms with Crippen molar-refractivity contribution in [2.45, 2.75) is 6.42 Å². The van der Waals surface area contributed by atoms with Crippen LogP contribution in [0.4, 0.5) is 0 Å². The van der Waals surface area contributed by atoms with Crippen LogP contribution in [0.1, 0.15) is 16.1 Å². The number of ketones is 1. The maximum atomic E-state index is 12.2. The molecule has 0 radical (unpaired) electrons. The number of carbonyl (C=O) groups is 1. The Morgan fingerprint density at radius 2 is 2.20 bits per heavy atom. The van der Waals surface area contributed by atoms with Gasteiger partial charge in [0.1, 0.15) is 0 Å². The van der Waals surface area contributed by atoms with Crippen LogP contribution in [0.2, 0.25) is 0 Å². The third kappa shape index (κ3) is 2.11. The maximum Gasteiger partial charge on any atom is 0.419 e. The molecular formula is C14H11N3O3. The molecule has 0 unspecified atom stereocenters. The van der Waals surface area contributed by atoms with E-state index in [-0.39, 0.29) is 12.2 Å². The van der Waals surface area contributed by atoms with Crippen molar-refractivity contribution in [1.82, 2.24) is 14.5 Å². The molecule has 3 rings (SSSR count). The third-order valence-corrected chi connectivity index (χ3v) is 3.07. The number of fused-ring (bicyclic) bond motifs is 1. The second-order valence-corrected chi connectivity index (χ2v) is 4.41. The Morgan fingerprint density at radius 3 is 2.95 bits per heavy atom. The molecule has 0 saturated heterocycles. The second-order valence-electron chi connectivity index (χ2n) is 4.41. The number of aromatic nitrogens is 3. The SMILES string of the molecule is Cn1c(=O)oc2ccc(C(=O)Cc3cnccn3)cc21. The summed E-state index contributed by atoms with van der Waals surface area (Å²) in [5.41, 5.74) is 2.19. The Labute approximate surface area is 113 Å². The maximum absolute atomic E-state index is 12.2. The molecule has 20 heavy (non-hydrogen) atoms. The number of nitrogens with zero attached hydrogens (tertiary/aromatic N) is 3. The summed E-state index contributed by atoms with van der Waals surface area (Å²) in [4.78, 5) is 31.6. The van der Waals surface area contributed by atoms with Gasteiger partial charge in [-0.2, -0.15) is 0 Å². The standard InChI is InChI=1S/C14H11N3O3/c1-17-11-6-9(2-3-13(11)20-14(17)19)12(18)7-10-8-15-4-5-16-10/h2-6,8H,7H2,1H3. The fourth-order valence-corrected chi connectivity index (χ4v) is 1.99. The van der Waals surface area contributed by atoms with Gasteiger partial charge in [-0.3, -0.25) is 19.3 Å². The van der Waals surface area contributed by atoms with E-state index in [4.69, 9.17) is 4.42 Å². The highest BCUT2D eigenvalue weighted by molar-refractivity contribution is 5.99. The molecule has 0 aliphatic rings. The summed E-state index contributed by atoms with van der Waals surface area (Å²) in [7, 11) is 1.60. The molecule has 6 nitrogen and oxygen atoms in total. The highest BCUT2D eigenvalue weighted by atomic mass is 16.4. The van der Waals surface area contributed by atoms with Crippen molar-refractivity contribution in [2.24, 2.45) is 7.05 Å². The van der Waals surface area contributed by atoms with Gasteiger partial charge in [0.15, 0.2) is 11.4 Å². The van der Waals surface area contributed by atoms with E-state index in [2.05, 4.69) is 9.97 Å². The molecule has 0 bridgehead atoms. The van der Waals surface area contributed by atoms with Gasteiger partial charge in [0, 0.05) is 31.2 Å². The van der Waals surface area contributed by atoms with E-state index < -0.39 is 5.76 Å². The van der Waals surface area contributed by atoms with Crippen molar-refractivity contribution in [1.29, 1.82) is 0 Å². The van der Waals surface area contributed by atoms with Gasteiger partial charge in [0.25, 0.3) is 0 Å². The van der Waals surface area contributed by atoms with E-state index >= 15 is 0 Å². The highest BCUT2D eigenvalue weighted by Gasteiger charge is 2.12. The Kier molecular flexibility index (Phi) is 2.90. The summed E-state index contributed by atoms with van der Waals surface area (Å²) in [6, 6.07) is 4.92. The molecule has 3 aromatic rings. The van der Waals surface area contributed by atoms with Crippen molar-refractivity contribution in [2.75, 3.05) is 0 Å². The van der Waals surface area contributed by atoms with E-state index in [9.17, 15) is 9.59 Å². The molecule has 0 amide bonds. The minimum Gasteiger partial charge on any atom is -0.408 e. The Hall–Kier alpha value is -2.76. The number of rotatable bonds is 3. The number of Topliss-reactive ketones (excluding diaryl/α,β-unsaturated/α-hetero) is 1. The van der Waals surface area contributed by atoms with Gasteiger partial charge in [-0.25, -0.2) is 4.79 Å². The minimum absolute atomic E-state index is 0.0824. The van der Waals surface area contributed by atoms with E-state index in [1.165, 1.54) is 4.57 Å². The largest absolute Gasteiger partial charge is 0.419 e. The van der Waals surface area contributed by atoms with E-state index in [1.807, 2.05) is 0 Å². The summed E-state index contributed by atoms with van der Waals surface area (Å²) in [6.45, 7) is 0. The molecule has 2 aromatic heterocycles. The van der Waals surface area contributed by atoms with E-state index in [0.717, 1.165) is 0 Å². The van der Waals surface area contributed by atoms with Crippen LogP contribution in [-0.2, 0) is 13.5 Å². The number of aryl methyl sites for hydroxylation is 1. The smallest absolute Gasteiger partial charge is 0.408 e. The summed E-state index contributed by atoms with van der Waals surface area (Å²) in [5, 5.41) is 0. The zero-order valence-electron chi connectivity index (χ0n) is 10.7. The summed E-state index contributed by atoms with van der Waals surface area (Å²) in [5.74, 6) is -0.528. The van der Waals surface area contributed by atoms with Gasteiger partial charge in [-0.1, -0.05) is 0 Å².